The summed E-state index contributed by atoms with van der Waals surface area (Å²) in [6.45, 7) is 3.07. The maximum Gasteiger partial charge on any atom is 0.223 e. The van der Waals surface area contributed by atoms with Crippen molar-refractivity contribution in [2.45, 2.75) is 32.4 Å². The molecule has 2 aromatic carbocycles. The number of nitrogens with one attached hydrogen (secondary N) is 2. The van der Waals surface area contributed by atoms with Crippen LogP contribution in [0.4, 0.5) is 0 Å². The highest BCUT2D eigenvalue weighted by molar-refractivity contribution is 5.85. The molecule has 0 bridgehead atoms. The molecule has 1 atom stereocenters. The fourth-order valence-corrected chi connectivity index (χ4v) is 4.18. The average Bonchev–Trinajstić information content (AvgIpc) is 3.44. The molecular weight excluding hydrogens is 388 g/mol. The van der Waals surface area contributed by atoms with Crippen molar-refractivity contribution in [3.8, 4) is 11.5 Å². The molecular formula is C23H29ClN2O3. The summed E-state index contributed by atoms with van der Waals surface area (Å²) in [7, 11) is 1.64. The van der Waals surface area contributed by atoms with Gasteiger partial charge >= 0.3 is 0 Å². The molecule has 1 saturated carbocycles. The Morgan fingerprint density at radius 1 is 1.10 bits per heavy atom. The number of benzene rings is 2. The fraction of sp³-hybridized carbons (Fsp3) is 0.435. The number of hydrogen-bond donors (Lipinski definition) is 2. The number of halogens is 1. The van der Waals surface area contributed by atoms with Crippen molar-refractivity contribution in [2.24, 2.45) is 11.3 Å². The van der Waals surface area contributed by atoms with Gasteiger partial charge in [-0.15, -0.1) is 12.4 Å². The molecule has 5 nitrogen and oxygen atoms in total. The van der Waals surface area contributed by atoms with Crippen molar-refractivity contribution in [1.29, 1.82) is 0 Å². The van der Waals surface area contributed by atoms with Crippen LogP contribution in [0.1, 0.15) is 30.4 Å². The predicted molar refractivity (Wildman–Crippen MR) is 116 cm³/mol. The Labute approximate surface area is 178 Å². The van der Waals surface area contributed by atoms with Gasteiger partial charge in [0.1, 0.15) is 6.61 Å². The highest BCUT2D eigenvalue weighted by atomic mass is 35.5. The van der Waals surface area contributed by atoms with Gasteiger partial charge < -0.3 is 20.1 Å². The van der Waals surface area contributed by atoms with Gasteiger partial charge in [0.2, 0.25) is 5.91 Å². The molecule has 1 amide bonds. The Bertz CT molecular complexity index is 822. The quantitative estimate of drug-likeness (QED) is 0.722. The molecule has 29 heavy (non-hydrogen) atoms. The van der Waals surface area contributed by atoms with E-state index >= 15 is 0 Å². The van der Waals surface area contributed by atoms with Crippen LogP contribution in [0.25, 0.3) is 0 Å². The molecule has 4 rings (SSSR count). The lowest BCUT2D eigenvalue weighted by molar-refractivity contribution is -0.123. The number of rotatable bonds is 7. The van der Waals surface area contributed by atoms with E-state index < -0.39 is 0 Å². The molecule has 1 spiro atoms. The number of carbonyl (C=O) groups is 1. The Kier molecular flexibility index (Phi) is 7.04. The smallest absolute Gasteiger partial charge is 0.223 e. The van der Waals surface area contributed by atoms with E-state index in [1.165, 1.54) is 0 Å². The number of ether oxygens (including phenoxy) is 2. The topological polar surface area (TPSA) is 59.6 Å². The summed E-state index contributed by atoms with van der Waals surface area (Å²) >= 11 is 0. The zero-order chi connectivity index (χ0) is 19.4. The largest absolute Gasteiger partial charge is 0.493 e. The van der Waals surface area contributed by atoms with E-state index in [4.69, 9.17) is 9.47 Å². The SMILES string of the molecule is COc1cc(CNC(=O)C2CC23CCNCC3)ccc1OCc1ccccc1.Cl. The first-order valence-corrected chi connectivity index (χ1v) is 10.0. The number of amides is 1. The first-order valence-electron chi connectivity index (χ1n) is 10.0. The summed E-state index contributed by atoms with van der Waals surface area (Å²) in [6.07, 6.45) is 3.27. The van der Waals surface area contributed by atoms with E-state index in [0.29, 0.717) is 24.7 Å². The molecule has 2 fully saturated rings. The lowest BCUT2D eigenvalue weighted by Crippen LogP contribution is -2.33. The molecule has 1 heterocycles. The van der Waals surface area contributed by atoms with Crippen LogP contribution < -0.4 is 20.1 Å². The average molecular weight is 417 g/mol. The molecule has 1 saturated heterocycles. The molecule has 1 aliphatic heterocycles. The molecule has 1 aliphatic carbocycles. The second-order valence-electron chi connectivity index (χ2n) is 7.85. The van der Waals surface area contributed by atoms with Crippen LogP contribution in [0.2, 0.25) is 0 Å². The van der Waals surface area contributed by atoms with Crippen molar-refractivity contribution in [3.63, 3.8) is 0 Å². The highest BCUT2D eigenvalue weighted by Gasteiger charge is 2.57. The van der Waals surface area contributed by atoms with Gasteiger partial charge in [0.15, 0.2) is 11.5 Å². The van der Waals surface area contributed by atoms with Gasteiger partial charge in [-0.25, -0.2) is 0 Å². The Morgan fingerprint density at radius 2 is 1.86 bits per heavy atom. The fourth-order valence-electron chi connectivity index (χ4n) is 4.18. The normalized spacial score (nSPS) is 19.1. The van der Waals surface area contributed by atoms with Gasteiger partial charge in [-0.2, -0.15) is 0 Å². The van der Waals surface area contributed by atoms with E-state index in [-0.39, 0.29) is 29.6 Å². The first-order chi connectivity index (χ1) is 13.7. The van der Waals surface area contributed by atoms with Gasteiger partial charge in [0.25, 0.3) is 0 Å². The summed E-state index contributed by atoms with van der Waals surface area (Å²) in [4.78, 5) is 12.5. The first kappa shape index (κ1) is 21.5. The second-order valence-corrected chi connectivity index (χ2v) is 7.85. The summed E-state index contributed by atoms with van der Waals surface area (Å²) in [5, 5.41) is 6.48. The molecule has 2 N–H and O–H groups in total. The van der Waals surface area contributed by atoms with E-state index in [1.54, 1.807) is 7.11 Å². The van der Waals surface area contributed by atoms with Crippen molar-refractivity contribution < 1.29 is 14.3 Å². The monoisotopic (exact) mass is 416 g/mol. The van der Waals surface area contributed by atoms with Crippen LogP contribution in [-0.4, -0.2) is 26.1 Å². The van der Waals surface area contributed by atoms with Gasteiger partial charge in [-0.05, 0) is 61.0 Å². The van der Waals surface area contributed by atoms with Gasteiger partial charge in [0.05, 0.1) is 7.11 Å². The zero-order valence-electron chi connectivity index (χ0n) is 16.8. The van der Waals surface area contributed by atoms with Crippen molar-refractivity contribution in [1.82, 2.24) is 10.6 Å². The third-order valence-electron chi connectivity index (χ3n) is 6.04. The summed E-state index contributed by atoms with van der Waals surface area (Å²) < 4.78 is 11.4. The minimum absolute atomic E-state index is 0. The molecule has 0 aromatic heterocycles. The molecule has 2 aromatic rings. The zero-order valence-corrected chi connectivity index (χ0v) is 17.6. The molecule has 156 valence electrons. The predicted octanol–water partition coefficient (Wildman–Crippen LogP) is 3.70. The van der Waals surface area contributed by atoms with Crippen LogP contribution in [0.3, 0.4) is 0 Å². The van der Waals surface area contributed by atoms with Crippen molar-refractivity contribution in [2.75, 3.05) is 20.2 Å². The minimum Gasteiger partial charge on any atom is -0.493 e. The van der Waals surface area contributed by atoms with Gasteiger partial charge in [0, 0.05) is 12.5 Å². The Morgan fingerprint density at radius 3 is 2.59 bits per heavy atom. The summed E-state index contributed by atoms with van der Waals surface area (Å²) in [5.41, 5.74) is 2.39. The van der Waals surface area contributed by atoms with E-state index in [9.17, 15) is 4.79 Å². The highest BCUT2D eigenvalue weighted by Crippen LogP contribution is 2.58. The summed E-state index contributed by atoms with van der Waals surface area (Å²) in [5.74, 6) is 1.76. The molecule has 1 unspecified atom stereocenters. The van der Waals surface area contributed by atoms with Crippen molar-refractivity contribution in [3.05, 3.63) is 59.7 Å². The van der Waals surface area contributed by atoms with Crippen LogP contribution in [0.15, 0.2) is 48.5 Å². The minimum atomic E-state index is 0. The number of piperidine rings is 1. The van der Waals surface area contributed by atoms with E-state index in [0.717, 1.165) is 43.5 Å². The van der Waals surface area contributed by atoms with Crippen LogP contribution in [0.5, 0.6) is 11.5 Å². The lowest BCUT2D eigenvalue weighted by atomic mass is 9.92. The standard InChI is InChI=1S/C23H28N2O3.ClH/c1-27-21-13-18(7-8-20(21)28-16-17-5-3-2-4-6-17)15-25-22(26)19-14-23(19)9-11-24-12-10-23;/h2-8,13,19,24H,9-12,14-16H2,1H3,(H,25,26);1H. The van der Waals surface area contributed by atoms with Crippen LogP contribution in [-0.2, 0) is 17.9 Å². The third-order valence-corrected chi connectivity index (χ3v) is 6.04. The second kappa shape index (κ2) is 9.51. The lowest BCUT2D eigenvalue weighted by Gasteiger charge is -2.23. The molecule has 2 aliphatic rings. The third kappa shape index (κ3) is 5.03. The van der Waals surface area contributed by atoms with Crippen LogP contribution >= 0.6 is 12.4 Å². The van der Waals surface area contributed by atoms with E-state index in [2.05, 4.69) is 10.6 Å². The molecule has 6 heteroatoms. The Balaban J connectivity index is 0.00000240. The maximum absolute atomic E-state index is 12.5. The number of carbonyl (C=O) groups excluding carboxylic acids is 1. The van der Waals surface area contributed by atoms with Gasteiger partial charge in [-0.3, -0.25) is 4.79 Å². The summed E-state index contributed by atoms with van der Waals surface area (Å²) in [6, 6.07) is 15.9. The number of hydrogen-bond acceptors (Lipinski definition) is 4. The number of methoxy groups -OCH3 is 1. The Hall–Kier alpha value is -2.24. The van der Waals surface area contributed by atoms with Crippen LogP contribution in [0, 0.1) is 11.3 Å². The molecule has 0 radical (unpaired) electrons. The van der Waals surface area contributed by atoms with Crippen molar-refractivity contribution >= 4 is 18.3 Å². The van der Waals surface area contributed by atoms with Gasteiger partial charge in [-0.1, -0.05) is 36.4 Å². The van der Waals surface area contributed by atoms with E-state index in [1.807, 2.05) is 48.5 Å². The maximum atomic E-state index is 12.5.